The summed E-state index contributed by atoms with van der Waals surface area (Å²) in [4.78, 5) is 2.69. The summed E-state index contributed by atoms with van der Waals surface area (Å²) in [7, 11) is 0. The van der Waals surface area contributed by atoms with Gasteiger partial charge in [0.05, 0.1) is 0 Å². The standard InChI is InChI=1S/C23H32N2/c1-18(2)14-22-15-23-19(3)8-7-11-21(23)17-25(22)13-12-24-16-20-9-5-4-6-10-20/h4-11,18,22,24H,12-17H2,1-3H3. The van der Waals surface area contributed by atoms with E-state index in [1.54, 1.807) is 5.56 Å². The molecule has 1 heterocycles. The number of aryl methyl sites for hydroxylation is 1. The zero-order chi connectivity index (χ0) is 17.6. The van der Waals surface area contributed by atoms with Crippen molar-refractivity contribution in [1.29, 1.82) is 0 Å². The number of fused-ring (bicyclic) bond motifs is 1. The molecule has 1 N–H and O–H groups in total. The van der Waals surface area contributed by atoms with Gasteiger partial charge in [0.25, 0.3) is 0 Å². The first-order valence-corrected chi connectivity index (χ1v) is 9.69. The van der Waals surface area contributed by atoms with Crippen LogP contribution in [0, 0.1) is 12.8 Å². The quantitative estimate of drug-likeness (QED) is 0.746. The van der Waals surface area contributed by atoms with Gasteiger partial charge in [0.15, 0.2) is 0 Å². The molecule has 2 aromatic carbocycles. The lowest BCUT2D eigenvalue weighted by atomic mass is 9.87. The summed E-state index contributed by atoms with van der Waals surface area (Å²) in [5.74, 6) is 0.746. The van der Waals surface area contributed by atoms with Crippen LogP contribution < -0.4 is 5.32 Å². The molecule has 2 heteroatoms. The summed E-state index contributed by atoms with van der Waals surface area (Å²) in [6.45, 7) is 11.2. The summed E-state index contributed by atoms with van der Waals surface area (Å²) in [6.07, 6.45) is 2.49. The number of hydrogen-bond donors (Lipinski definition) is 1. The first-order valence-electron chi connectivity index (χ1n) is 9.69. The number of rotatable bonds is 7. The Morgan fingerprint density at radius 2 is 1.88 bits per heavy atom. The third kappa shape index (κ3) is 4.93. The second kappa shape index (κ2) is 8.64. The Morgan fingerprint density at radius 3 is 2.64 bits per heavy atom. The highest BCUT2D eigenvalue weighted by Crippen LogP contribution is 2.28. The van der Waals surface area contributed by atoms with E-state index in [0.29, 0.717) is 6.04 Å². The zero-order valence-electron chi connectivity index (χ0n) is 16.0. The Kier molecular flexibility index (Phi) is 6.28. The van der Waals surface area contributed by atoms with Gasteiger partial charge in [-0.3, -0.25) is 4.90 Å². The van der Waals surface area contributed by atoms with Crippen molar-refractivity contribution in [1.82, 2.24) is 10.2 Å². The molecule has 0 spiro atoms. The normalized spacial score (nSPS) is 17.7. The van der Waals surface area contributed by atoms with E-state index in [4.69, 9.17) is 0 Å². The van der Waals surface area contributed by atoms with Gasteiger partial charge >= 0.3 is 0 Å². The highest BCUT2D eigenvalue weighted by Gasteiger charge is 2.27. The van der Waals surface area contributed by atoms with E-state index in [1.165, 1.54) is 29.5 Å². The van der Waals surface area contributed by atoms with Crippen molar-refractivity contribution < 1.29 is 0 Å². The number of benzene rings is 2. The third-order valence-electron chi connectivity index (χ3n) is 5.33. The average molecular weight is 337 g/mol. The SMILES string of the molecule is Cc1cccc2c1CC(CC(C)C)N(CCNCc1ccccc1)C2. The fraction of sp³-hybridized carbons (Fsp3) is 0.478. The molecule has 134 valence electrons. The van der Waals surface area contributed by atoms with Crippen molar-refractivity contribution in [3.8, 4) is 0 Å². The van der Waals surface area contributed by atoms with E-state index in [0.717, 1.165) is 32.1 Å². The molecule has 2 nitrogen and oxygen atoms in total. The second-order valence-electron chi connectivity index (χ2n) is 7.83. The molecule has 1 atom stereocenters. The predicted octanol–water partition coefficient (Wildman–Crippen LogP) is 4.56. The smallest absolute Gasteiger partial charge is 0.0240 e. The lowest BCUT2D eigenvalue weighted by molar-refractivity contribution is 0.151. The van der Waals surface area contributed by atoms with Crippen LogP contribution in [0.25, 0.3) is 0 Å². The maximum Gasteiger partial charge on any atom is 0.0240 e. The van der Waals surface area contributed by atoms with Gasteiger partial charge < -0.3 is 5.32 Å². The molecule has 0 fully saturated rings. The van der Waals surface area contributed by atoms with E-state index >= 15 is 0 Å². The molecule has 25 heavy (non-hydrogen) atoms. The molecule has 0 aliphatic carbocycles. The first-order chi connectivity index (χ1) is 12.1. The van der Waals surface area contributed by atoms with Gasteiger partial charge in [0.1, 0.15) is 0 Å². The Bertz CT molecular complexity index is 663. The minimum atomic E-state index is 0.673. The van der Waals surface area contributed by atoms with E-state index in [2.05, 4.69) is 79.5 Å². The summed E-state index contributed by atoms with van der Waals surface area (Å²) < 4.78 is 0. The van der Waals surface area contributed by atoms with E-state index in [-0.39, 0.29) is 0 Å². The Morgan fingerprint density at radius 1 is 1.08 bits per heavy atom. The molecule has 3 rings (SSSR count). The largest absolute Gasteiger partial charge is 0.311 e. The summed E-state index contributed by atoms with van der Waals surface area (Å²) in [5, 5.41) is 3.62. The van der Waals surface area contributed by atoms with Gasteiger partial charge in [-0.2, -0.15) is 0 Å². The second-order valence-corrected chi connectivity index (χ2v) is 7.83. The van der Waals surface area contributed by atoms with Gasteiger partial charge in [0, 0.05) is 32.2 Å². The molecule has 0 radical (unpaired) electrons. The van der Waals surface area contributed by atoms with Crippen molar-refractivity contribution in [3.63, 3.8) is 0 Å². The fourth-order valence-corrected chi connectivity index (χ4v) is 4.01. The van der Waals surface area contributed by atoms with Crippen LogP contribution in [0.1, 0.15) is 42.5 Å². The predicted molar refractivity (Wildman–Crippen MR) is 107 cm³/mol. The van der Waals surface area contributed by atoms with Crippen LogP contribution in [0.15, 0.2) is 48.5 Å². The topological polar surface area (TPSA) is 15.3 Å². The van der Waals surface area contributed by atoms with Gasteiger partial charge in [-0.05, 0) is 47.9 Å². The number of hydrogen-bond acceptors (Lipinski definition) is 2. The van der Waals surface area contributed by atoms with E-state index in [1.807, 2.05) is 0 Å². The van der Waals surface area contributed by atoms with Crippen molar-refractivity contribution >= 4 is 0 Å². The number of nitrogens with one attached hydrogen (secondary N) is 1. The lowest BCUT2D eigenvalue weighted by Crippen LogP contribution is -2.44. The molecule has 0 saturated carbocycles. The molecule has 1 aliphatic heterocycles. The molecule has 0 aromatic heterocycles. The molecule has 0 saturated heterocycles. The van der Waals surface area contributed by atoms with Crippen LogP contribution in [-0.2, 0) is 19.5 Å². The van der Waals surface area contributed by atoms with E-state index in [9.17, 15) is 0 Å². The van der Waals surface area contributed by atoms with Crippen molar-refractivity contribution in [2.45, 2.75) is 52.7 Å². The third-order valence-corrected chi connectivity index (χ3v) is 5.33. The highest BCUT2D eigenvalue weighted by molar-refractivity contribution is 5.36. The summed E-state index contributed by atoms with van der Waals surface area (Å²) >= 11 is 0. The van der Waals surface area contributed by atoms with Crippen LogP contribution in [-0.4, -0.2) is 24.0 Å². The molecule has 1 unspecified atom stereocenters. The monoisotopic (exact) mass is 336 g/mol. The van der Waals surface area contributed by atoms with Gasteiger partial charge in [-0.1, -0.05) is 62.4 Å². The molecular formula is C23H32N2. The van der Waals surface area contributed by atoms with Crippen molar-refractivity contribution in [2.75, 3.05) is 13.1 Å². The molecule has 0 bridgehead atoms. The van der Waals surface area contributed by atoms with Crippen molar-refractivity contribution in [2.24, 2.45) is 5.92 Å². The average Bonchev–Trinajstić information content (AvgIpc) is 2.60. The first kappa shape index (κ1) is 18.2. The highest BCUT2D eigenvalue weighted by atomic mass is 15.2. The Labute approximate surface area is 153 Å². The lowest BCUT2D eigenvalue weighted by Gasteiger charge is -2.38. The van der Waals surface area contributed by atoms with Gasteiger partial charge in [-0.15, -0.1) is 0 Å². The van der Waals surface area contributed by atoms with Gasteiger partial charge in [-0.25, -0.2) is 0 Å². The van der Waals surface area contributed by atoms with Crippen LogP contribution in [0.2, 0.25) is 0 Å². The van der Waals surface area contributed by atoms with Crippen LogP contribution >= 0.6 is 0 Å². The Balaban J connectivity index is 1.59. The van der Waals surface area contributed by atoms with E-state index < -0.39 is 0 Å². The fourth-order valence-electron chi connectivity index (χ4n) is 4.01. The molecule has 1 aliphatic rings. The number of nitrogens with zero attached hydrogens (tertiary/aromatic N) is 1. The van der Waals surface area contributed by atoms with Crippen molar-refractivity contribution in [3.05, 3.63) is 70.8 Å². The minimum absolute atomic E-state index is 0.673. The summed E-state index contributed by atoms with van der Waals surface area (Å²) in [6, 6.07) is 18.1. The summed E-state index contributed by atoms with van der Waals surface area (Å²) in [5.41, 5.74) is 5.96. The Hall–Kier alpha value is -1.64. The van der Waals surface area contributed by atoms with Crippen LogP contribution in [0.3, 0.4) is 0 Å². The zero-order valence-corrected chi connectivity index (χ0v) is 16.0. The van der Waals surface area contributed by atoms with Gasteiger partial charge in [0.2, 0.25) is 0 Å². The van der Waals surface area contributed by atoms with Crippen LogP contribution in [0.5, 0.6) is 0 Å². The molecule has 0 amide bonds. The molecular weight excluding hydrogens is 304 g/mol. The maximum absolute atomic E-state index is 3.62. The minimum Gasteiger partial charge on any atom is -0.311 e. The maximum atomic E-state index is 3.62. The van der Waals surface area contributed by atoms with Crippen LogP contribution in [0.4, 0.5) is 0 Å². The molecule has 2 aromatic rings.